The van der Waals surface area contributed by atoms with Crippen molar-refractivity contribution in [2.24, 2.45) is 0 Å². The molecule has 7 heteroatoms. The standard InChI is InChI=1S/C18H18Cl2FN3O/c19-13-9-14(20)11-15(10-13)22-18(25)12-23-5-7-24(8-6-23)17-4-2-1-3-16(17)21/h1-4,9-11H,5-8,12H2,(H,22,25). The van der Waals surface area contributed by atoms with E-state index in [9.17, 15) is 9.18 Å². The second-order valence-electron chi connectivity index (χ2n) is 5.92. The van der Waals surface area contributed by atoms with E-state index in [-0.39, 0.29) is 18.3 Å². The van der Waals surface area contributed by atoms with Gasteiger partial charge in [-0.3, -0.25) is 9.69 Å². The molecule has 3 rings (SSSR count). The lowest BCUT2D eigenvalue weighted by Crippen LogP contribution is -2.48. The highest BCUT2D eigenvalue weighted by Gasteiger charge is 2.20. The SMILES string of the molecule is O=C(CN1CCN(c2ccccc2F)CC1)Nc1cc(Cl)cc(Cl)c1. The molecule has 0 radical (unpaired) electrons. The summed E-state index contributed by atoms with van der Waals surface area (Å²) < 4.78 is 13.8. The van der Waals surface area contributed by atoms with Gasteiger partial charge < -0.3 is 10.2 Å². The van der Waals surface area contributed by atoms with Crippen LogP contribution in [0.4, 0.5) is 15.8 Å². The number of benzene rings is 2. The number of rotatable bonds is 4. The molecule has 1 N–H and O–H groups in total. The van der Waals surface area contributed by atoms with Crippen LogP contribution in [0.1, 0.15) is 0 Å². The maximum atomic E-state index is 13.8. The number of amides is 1. The van der Waals surface area contributed by atoms with Gasteiger partial charge in [0.15, 0.2) is 0 Å². The Morgan fingerprint density at radius 1 is 1.04 bits per heavy atom. The first-order valence-corrected chi connectivity index (χ1v) is 8.74. The van der Waals surface area contributed by atoms with Gasteiger partial charge in [0.25, 0.3) is 0 Å². The first kappa shape index (κ1) is 18.0. The Morgan fingerprint density at radius 2 is 1.68 bits per heavy atom. The Hall–Kier alpha value is -1.82. The topological polar surface area (TPSA) is 35.6 Å². The summed E-state index contributed by atoms with van der Waals surface area (Å²) in [6.45, 7) is 3.01. The van der Waals surface area contributed by atoms with Gasteiger partial charge in [0, 0.05) is 41.9 Å². The highest BCUT2D eigenvalue weighted by Crippen LogP contribution is 2.23. The molecular formula is C18H18Cl2FN3O. The number of hydrogen-bond acceptors (Lipinski definition) is 3. The van der Waals surface area contributed by atoms with E-state index in [0.29, 0.717) is 47.6 Å². The summed E-state index contributed by atoms with van der Waals surface area (Å²) in [6, 6.07) is 11.7. The van der Waals surface area contributed by atoms with E-state index in [1.165, 1.54) is 6.07 Å². The van der Waals surface area contributed by atoms with E-state index in [1.807, 2.05) is 15.9 Å². The van der Waals surface area contributed by atoms with Gasteiger partial charge in [0.1, 0.15) is 5.82 Å². The van der Waals surface area contributed by atoms with Gasteiger partial charge in [0.05, 0.1) is 12.2 Å². The summed E-state index contributed by atoms with van der Waals surface area (Å²) >= 11 is 11.9. The molecule has 0 saturated carbocycles. The average molecular weight is 382 g/mol. The van der Waals surface area contributed by atoms with E-state index in [0.717, 1.165) is 0 Å². The van der Waals surface area contributed by atoms with Gasteiger partial charge in [-0.15, -0.1) is 0 Å². The molecule has 1 saturated heterocycles. The quantitative estimate of drug-likeness (QED) is 0.872. The molecule has 25 heavy (non-hydrogen) atoms. The number of carbonyl (C=O) groups is 1. The van der Waals surface area contributed by atoms with Crippen LogP contribution in [0, 0.1) is 5.82 Å². The predicted molar refractivity (Wildman–Crippen MR) is 100 cm³/mol. The van der Waals surface area contributed by atoms with Gasteiger partial charge in [-0.05, 0) is 30.3 Å². The second kappa shape index (κ2) is 8.04. The summed E-state index contributed by atoms with van der Waals surface area (Å²) in [6.07, 6.45) is 0. The Kier molecular flexibility index (Phi) is 5.78. The van der Waals surface area contributed by atoms with Crippen LogP contribution in [0.25, 0.3) is 0 Å². The first-order chi connectivity index (χ1) is 12.0. The molecule has 0 spiro atoms. The number of carbonyl (C=O) groups excluding carboxylic acids is 1. The second-order valence-corrected chi connectivity index (χ2v) is 6.79. The number of para-hydroxylation sites is 1. The normalized spacial score (nSPS) is 15.2. The number of piperazine rings is 1. The Bertz CT molecular complexity index is 743. The van der Waals surface area contributed by atoms with E-state index >= 15 is 0 Å². The van der Waals surface area contributed by atoms with Crippen LogP contribution in [-0.2, 0) is 4.79 Å². The van der Waals surface area contributed by atoms with Crippen LogP contribution in [0.5, 0.6) is 0 Å². The molecule has 1 fully saturated rings. The molecule has 0 atom stereocenters. The molecule has 0 aromatic heterocycles. The maximum Gasteiger partial charge on any atom is 0.238 e. The lowest BCUT2D eigenvalue weighted by molar-refractivity contribution is -0.117. The van der Waals surface area contributed by atoms with Crippen molar-refractivity contribution in [1.29, 1.82) is 0 Å². The molecule has 1 aliphatic heterocycles. The molecule has 1 heterocycles. The van der Waals surface area contributed by atoms with Crippen molar-refractivity contribution in [2.75, 3.05) is 42.9 Å². The lowest BCUT2D eigenvalue weighted by Gasteiger charge is -2.35. The van der Waals surface area contributed by atoms with Gasteiger partial charge in [-0.2, -0.15) is 0 Å². The van der Waals surface area contributed by atoms with Crippen molar-refractivity contribution in [3.05, 3.63) is 58.3 Å². The molecule has 1 amide bonds. The molecular weight excluding hydrogens is 364 g/mol. The monoisotopic (exact) mass is 381 g/mol. The third-order valence-corrected chi connectivity index (χ3v) is 4.52. The molecule has 0 aliphatic carbocycles. The van der Waals surface area contributed by atoms with Gasteiger partial charge in [-0.25, -0.2) is 4.39 Å². The molecule has 132 valence electrons. The molecule has 2 aromatic carbocycles. The highest BCUT2D eigenvalue weighted by molar-refractivity contribution is 6.35. The Balaban J connectivity index is 1.52. The number of hydrogen-bond donors (Lipinski definition) is 1. The van der Waals surface area contributed by atoms with Gasteiger partial charge >= 0.3 is 0 Å². The van der Waals surface area contributed by atoms with Crippen molar-refractivity contribution < 1.29 is 9.18 Å². The fourth-order valence-corrected chi connectivity index (χ4v) is 3.41. The predicted octanol–water partition coefficient (Wildman–Crippen LogP) is 3.89. The van der Waals surface area contributed by atoms with Crippen LogP contribution in [0.3, 0.4) is 0 Å². The minimum Gasteiger partial charge on any atom is -0.367 e. The summed E-state index contributed by atoms with van der Waals surface area (Å²) in [5, 5.41) is 3.75. The number of nitrogens with zero attached hydrogens (tertiary/aromatic N) is 2. The fourth-order valence-electron chi connectivity index (χ4n) is 2.88. The van der Waals surface area contributed by atoms with Crippen molar-refractivity contribution >= 4 is 40.5 Å². The van der Waals surface area contributed by atoms with Crippen LogP contribution in [-0.4, -0.2) is 43.5 Å². The van der Waals surface area contributed by atoms with Crippen LogP contribution < -0.4 is 10.2 Å². The number of halogens is 3. The highest BCUT2D eigenvalue weighted by atomic mass is 35.5. The molecule has 0 unspecified atom stereocenters. The fraction of sp³-hybridized carbons (Fsp3) is 0.278. The summed E-state index contributed by atoms with van der Waals surface area (Å²) in [7, 11) is 0. The first-order valence-electron chi connectivity index (χ1n) is 7.99. The van der Waals surface area contributed by atoms with Gasteiger partial charge in [-0.1, -0.05) is 35.3 Å². The van der Waals surface area contributed by atoms with E-state index < -0.39 is 0 Å². The molecule has 1 aliphatic rings. The lowest BCUT2D eigenvalue weighted by atomic mass is 10.2. The van der Waals surface area contributed by atoms with Crippen molar-refractivity contribution in [1.82, 2.24) is 4.90 Å². The molecule has 0 bridgehead atoms. The van der Waals surface area contributed by atoms with Gasteiger partial charge in [0.2, 0.25) is 5.91 Å². The summed E-state index contributed by atoms with van der Waals surface area (Å²) in [5.74, 6) is -0.343. The van der Waals surface area contributed by atoms with Crippen LogP contribution in [0.15, 0.2) is 42.5 Å². The number of anilines is 2. The minimum atomic E-state index is -0.216. The van der Waals surface area contributed by atoms with Crippen molar-refractivity contribution in [2.45, 2.75) is 0 Å². The zero-order chi connectivity index (χ0) is 17.8. The Labute approximate surface area is 156 Å². The zero-order valence-electron chi connectivity index (χ0n) is 13.5. The van der Waals surface area contributed by atoms with Crippen LogP contribution >= 0.6 is 23.2 Å². The average Bonchev–Trinajstić information content (AvgIpc) is 2.55. The third-order valence-electron chi connectivity index (χ3n) is 4.08. The smallest absolute Gasteiger partial charge is 0.238 e. The third kappa shape index (κ3) is 4.84. The number of nitrogens with one attached hydrogen (secondary N) is 1. The summed E-state index contributed by atoms with van der Waals surface area (Å²) in [4.78, 5) is 16.2. The van der Waals surface area contributed by atoms with E-state index in [1.54, 1.807) is 30.3 Å². The van der Waals surface area contributed by atoms with Crippen molar-refractivity contribution in [3.63, 3.8) is 0 Å². The van der Waals surface area contributed by atoms with E-state index in [4.69, 9.17) is 23.2 Å². The molecule has 2 aromatic rings. The largest absolute Gasteiger partial charge is 0.367 e. The van der Waals surface area contributed by atoms with E-state index in [2.05, 4.69) is 5.32 Å². The van der Waals surface area contributed by atoms with Crippen molar-refractivity contribution in [3.8, 4) is 0 Å². The maximum absolute atomic E-state index is 13.8. The Morgan fingerprint density at radius 3 is 2.32 bits per heavy atom. The van der Waals surface area contributed by atoms with Crippen LogP contribution in [0.2, 0.25) is 10.0 Å². The zero-order valence-corrected chi connectivity index (χ0v) is 15.0. The molecule has 4 nitrogen and oxygen atoms in total. The minimum absolute atomic E-state index is 0.127. The summed E-state index contributed by atoms with van der Waals surface area (Å²) in [5.41, 5.74) is 1.19.